The van der Waals surface area contributed by atoms with Gasteiger partial charge in [0.15, 0.2) is 5.82 Å². The Kier molecular flexibility index (Phi) is 3.26. The van der Waals surface area contributed by atoms with Crippen LogP contribution < -0.4 is 16.8 Å². The van der Waals surface area contributed by atoms with Gasteiger partial charge in [0.25, 0.3) is 5.91 Å². The van der Waals surface area contributed by atoms with Crippen LogP contribution in [-0.4, -0.2) is 28.0 Å². The van der Waals surface area contributed by atoms with Crippen molar-refractivity contribution in [2.45, 2.75) is 13.0 Å². The summed E-state index contributed by atoms with van der Waals surface area (Å²) in [5.74, 6) is -0.500. The molecule has 0 bridgehead atoms. The van der Waals surface area contributed by atoms with Crippen molar-refractivity contribution in [2.75, 3.05) is 17.6 Å². The molecular formula is C7H12N4O2S. The van der Waals surface area contributed by atoms with Crippen LogP contribution in [0.25, 0.3) is 0 Å². The maximum atomic E-state index is 11.0. The Morgan fingerprint density at radius 3 is 2.93 bits per heavy atom. The quantitative estimate of drug-likeness (QED) is 0.547. The van der Waals surface area contributed by atoms with Gasteiger partial charge in [-0.3, -0.25) is 4.79 Å². The van der Waals surface area contributed by atoms with Gasteiger partial charge in [-0.25, -0.2) is 0 Å². The lowest BCUT2D eigenvalue weighted by molar-refractivity contribution is 0.100. The molecule has 0 saturated carbocycles. The average Bonchev–Trinajstić information content (AvgIpc) is 2.43. The minimum Gasteiger partial charge on any atom is -0.392 e. The molecule has 0 aliphatic heterocycles. The monoisotopic (exact) mass is 216 g/mol. The van der Waals surface area contributed by atoms with Crippen molar-refractivity contribution in [2.24, 2.45) is 5.73 Å². The highest BCUT2D eigenvalue weighted by Gasteiger charge is 2.16. The minimum atomic E-state index is -0.621. The Bertz CT molecular complexity index is 336. The van der Waals surface area contributed by atoms with Crippen molar-refractivity contribution in [3.05, 3.63) is 5.56 Å². The number of aromatic nitrogens is 1. The number of hydrogen-bond acceptors (Lipinski definition) is 6. The standard InChI is InChI=1S/C7H12N4O2S/c1-3(12)2-10-7-4(6(9)13)5(8)11-14-7/h3,10,12H,2H2,1H3,(H2,8,11)(H2,9,13). The van der Waals surface area contributed by atoms with Gasteiger partial charge < -0.3 is 21.9 Å². The van der Waals surface area contributed by atoms with Gasteiger partial charge in [-0.05, 0) is 18.5 Å². The average molecular weight is 216 g/mol. The first-order valence-corrected chi connectivity index (χ1v) is 4.76. The van der Waals surface area contributed by atoms with Gasteiger partial charge >= 0.3 is 0 Å². The molecule has 0 aromatic carbocycles. The van der Waals surface area contributed by atoms with Crippen LogP contribution in [0.5, 0.6) is 0 Å². The van der Waals surface area contributed by atoms with E-state index >= 15 is 0 Å². The highest BCUT2D eigenvalue weighted by atomic mass is 32.1. The number of nitrogens with two attached hydrogens (primary N) is 2. The Balaban J connectivity index is 2.81. The van der Waals surface area contributed by atoms with Crippen LogP contribution in [-0.2, 0) is 0 Å². The molecule has 1 unspecified atom stereocenters. The summed E-state index contributed by atoms with van der Waals surface area (Å²) in [5, 5.41) is 12.4. The second-order valence-corrected chi connectivity index (χ2v) is 3.64. The third-order valence-electron chi connectivity index (χ3n) is 1.52. The van der Waals surface area contributed by atoms with Crippen LogP contribution in [0, 0.1) is 0 Å². The predicted molar refractivity (Wildman–Crippen MR) is 55.2 cm³/mol. The Morgan fingerprint density at radius 2 is 2.43 bits per heavy atom. The SMILES string of the molecule is CC(O)CNc1snc(N)c1C(N)=O. The lowest BCUT2D eigenvalue weighted by atomic mass is 10.3. The number of nitrogen functional groups attached to an aromatic ring is 1. The molecule has 1 amide bonds. The molecule has 6 nitrogen and oxygen atoms in total. The number of rotatable bonds is 4. The molecule has 0 aliphatic rings. The number of carbonyl (C=O) groups excluding carboxylic acids is 1. The fraction of sp³-hybridized carbons (Fsp3) is 0.429. The molecule has 1 aromatic heterocycles. The van der Waals surface area contributed by atoms with Crippen LogP contribution in [0.15, 0.2) is 0 Å². The number of hydrogen-bond donors (Lipinski definition) is 4. The zero-order valence-corrected chi connectivity index (χ0v) is 8.47. The topological polar surface area (TPSA) is 114 Å². The molecule has 14 heavy (non-hydrogen) atoms. The number of aliphatic hydroxyl groups is 1. The van der Waals surface area contributed by atoms with E-state index in [0.717, 1.165) is 11.5 Å². The molecule has 0 radical (unpaired) electrons. The third kappa shape index (κ3) is 2.33. The summed E-state index contributed by atoms with van der Waals surface area (Å²) in [4.78, 5) is 11.0. The number of nitrogens with one attached hydrogen (secondary N) is 1. The molecule has 1 atom stereocenters. The van der Waals surface area contributed by atoms with Crippen LogP contribution in [0.4, 0.5) is 10.8 Å². The van der Waals surface area contributed by atoms with E-state index in [9.17, 15) is 4.79 Å². The van der Waals surface area contributed by atoms with Crippen molar-refractivity contribution in [1.29, 1.82) is 0 Å². The van der Waals surface area contributed by atoms with Gasteiger partial charge in [-0.1, -0.05) is 0 Å². The smallest absolute Gasteiger partial charge is 0.255 e. The number of amides is 1. The van der Waals surface area contributed by atoms with Crippen LogP contribution in [0.2, 0.25) is 0 Å². The summed E-state index contributed by atoms with van der Waals surface area (Å²) in [6.45, 7) is 1.95. The Morgan fingerprint density at radius 1 is 1.79 bits per heavy atom. The predicted octanol–water partition coefficient (Wildman–Crippen LogP) is -0.383. The first-order valence-electron chi connectivity index (χ1n) is 3.99. The highest BCUT2D eigenvalue weighted by molar-refractivity contribution is 7.11. The number of carbonyl (C=O) groups is 1. The normalized spacial score (nSPS) is 12.4. The maximum absolute atomic E-state index is 11.0. The minimum absolute atomic E-state index is 0.121. The molecule has 0 saturated heterocycles. The van der Waals surface area contributed by atoms with E-state index in [-0.39, 0.29) is 11.4 Å². The molecule has 1 aromatic rings. The molecule has 0 aliphatic carbocycles. The Hall–Kier alpha value is -1.34. The number of nitrogens with zero attached hydrogens (tertiary/aromatic N) is 1. The zero-order valence-electron chi connectivity index (χ0n) is 7.65. The van der Waals surface area contributed by atoms with E-state index < -0.39 is 12.0 Å². The van der Waals surface area contributed by atoms with Gasteiger partial charge in [-0.15, -0.1) is 0 Å². The van der Waals surface area contributed by atoms with Crippen molar-refractivity contribution in [3.8, 4) is 0 Å². The van der Waals surface area contributed by atoms with Crippen molar-refractivity contribution in [3.63, 3.8) is 0 Å². The number of anilines is 2. The molecule has 78 valence electrons. The van der Waals surface area contributed by atoms with E-state index in [1.165, 1.54) is 0 Å². The number of primary amides is 1. The molecular weight excluding hydrogens is 204 g/mol. The largest absolute Gasteiger partial charge is 0.392 e. The van der Waals surface area contributed by atoms with E-state index in [1.54, 1.807) is 6.92 Å². The van der Waals surface area contributed by atoms with E-state index in [0.29, 0.717) is 11.5 Å². The van der Waals surface area contributed by atoms with Gasteiger partial charge in [0.2, 0.25) is 0 Å². The van der Waals surface area contributed by atoms with E-state index in [4.69, 9.17) is 16.6 Å². The first kappa shape index (κ1) is 10.7. The maximum Gasteiger partial charge on any atom is 0.255 e. The van der Waals surface area contributed by atoms with Gasteiger partial charge in [0, 0.05) is 6.54 Å². The van der Waals surface area contributed by atoms with E-state index in [1.807, 2.05) is 0 Å². The molecule has 1 heterocycles. The lowest BCUT2D eigenvalue weighted by Gasteiger charge is -2.06. The molecule has 0 fully saturated rings. The zero-order chi connectivity index (χ0) is 10.7. The van der Waals surface area contributed by atoms with Crippen LogP contribution in [0.1, 0.15) is 17.3 Å². The van der Waals surface area contributed by atoms with Crippen LogP contribution >= 0.6 is 11.5 Å². The summed E-state index contributed by atoms with van der Waals surface area (Å²) < 4.78 is 3.79. The van der Waals surface area contributed by atoms with Gasteiger partial charge in [-0.2, -0.15) is 4.37 Å². The van der Waals surface area contributed by atoms with E-state index in [2.05, 4.69) is 9.69 Å². The summed E-state index contributed by atoms with van der Waals surface area (Å²) in [6.07, 6.45) is -0.515. The molecule has 6 N–H and O–H groups in total. The highest BCUT2D eigenvalue weighted by Crippen LogP contribution is 2.25. The van der Waals surface area contributed by atoms with Crippen molar-refractivity contribution >= 4 is 28.3 Å². The second kappa shape index (κ2) is 4.25. The Labute approximate surface area is 85.1 Å². The summed E-state index contributed by atoms with van der Waals surface area (Å²) >= 11 is 1.05. The summed E-state index contributed by atoms with van der Waals surface area (Å²) in [5.41, 5.74) is 10.7. The fourth-order valence-corrected chi connectivity index (χ4v) is 1.63. The fourth-order valence-electron chi connectivity index (χ4n) is 0.902. The molecule has 1 rings (SSSR count). The van der Waals surface area contributed by atoms with Gasteiger partial charge in [0.1, 0.15) is 10.6 Å². The van der Waals surface area contributed by atoms with Crippen molar-refractivity contribution < 1.29 is 9.90 Å². The third-order valence-corrected chi connectivity index (χ3v) is 2.34. The molecule has 7 heteroatoms. The second-order valence-electron chi connectivity index (χ2n) is 2.87. The molecule has 0 spiro atoms. The summed E-state index contributed by atoms with van der Waals surface area (Å²) in [6, 6.07) is 0. The number of aliphatic hydroxyl groups excluding tert-OH is 1. The van der Waals surface area contributed by atoms with Crippen molar-refractivity contribution in [1.82, 2.24) is 4.37 Å². The lowest BCUT2D eigenvalue weighted by Crippen LogP contribution is -2.18. The van der Waals surface area contributed by atoms with Gasteiger partial charge in [0.05, 0.1) is 6.10 Å². The summed E-state index contributed by atoms with van der Waals surface area (Å²) in [7, 11) is 0. The van der Waals surface area contributed by atoms with Crippen LogP contribution in [0.3, 0.4) is 0 Å². The first-order chi connectivity index (χ1) is 6.52.